The summed E-state index contributed by atoms with van der Waals surface area (Å²) < 4.78 is 0. The highest BCUT2D eigenvalue weighted by molar-refractivity contribution is 5.56. The van der Waals surface area contributed by atoms with E-state index in [0.29, 0.717) is 12.5 Å². The Balaban J connectivity index is 1.98. The van der Waals surface area contributed by atoms with Gasteiger partial charge in [-0.05, 0) is 49.4 Å². The minimum Gasteiger partial charge on any atom is -0.399 e. The van der Waals surface area contributed by atoms with Gasteiger partial charge in [-0.1, -0.05) is 19.8 Å². The van der Waals surface area contributed by atoms with Crippen molar-refractivity contribution in [3.05, 3.63) is 23.8 Å². The maximum atomic E-state index is 10.5. The monoisotopic (exact) mass is 248 g/mol. The molecule has 3 nitrogen and oxygen atoms in total. The lowest BCUT2D eigenvalue weighted by Gasteiger charge is -2.36. The van der Waals surface area contributed by atoms with Gasteiger partial charge in [-0.2, -0.15) is 0 Å². The molecule has 1 aliphatic rings. The molecular weight excluding hydrogens is 224 g/mol. The minimum atomic E-state index is -0.559. The molecule has 3 heteroatoms. The second-order valence-electron chi connectivity index (χ2n) is 5.91. The summed E-state index contributed by atoms with van der Waals surface area (Å²) >= 11 is 0. The number of hydrogen-bond donors (Lipinski definition) is 3. The molecule has 1 saturated carbocycles. The summed E-state index contributed by atoms with van der Waals surface area (Å²) in [6, 6.07) is 5.93. The molecule has 18 heavy (non-hydrogen) atoms. The van der Waals surface area contributed by atoms with E-state index in [4.69, 9.17) is 5.73 Å². The molecule has 100 valence electrons. The summed E-state index contributed by atoms with van der Waals surface area (Å²) in [5.74, 6) is 0.619. The van der Waals surface area contributed by atoms with E-state index >= 15 is 0 Å². The normalized spacial score (nSPS) is 28.1. The van der Waals surface area contributed by atoms with E-state index in [1.54, 1.807) is 0 Å². The molecule has 0 spiro atoms. The summed E-state index contributed by atoms with van der Waals surface area (Å²) in [5.41, 5.74) is 8.17. The molecule has 1 aromatic rings. The minimum absolute atomic E-state index is 0.559. The van der Waals surface area contributed by atoms with E-state index in [0.717, 1.165) is 36.2 Å². The molecule has 1 fully saturated rings. The van der Waals surface area contributed by atoms with Gasteiger partial charge >= 0.3 is 0 Å². The van der Waals surface area contributed by atoms with Crippen LogP contribution >= 0.6 is 0 Å². The van der Waals surface area contributed by atoms with Crippen LogP contribution in [0.1, 0.15) is 38.2 Å². The van der Waals surface area contributed by atoms with Crippen molar-refractivity contribution in [2.45, 2.75) is 45.1 Å². The Bertz CT molecular complexity index is 399. The van der Waals surface area contributed by atoms with E-state index in [1.807, 2.05) is 19.1 Å². The molecule has 0 bridgehead atoms. The van der Waals surface area contributed by atoms with Gasteiger partial charge in [-0.25, -0.2) is 0 Å². The van der Waals surface area contributed by atoms with Gasteiger partial charge in [-0.15, -0.1) is 0 Å². The topological polar surface area (TPSA) is 58.3 Å². The highest BCUT2D eigenvalue weighted by Gasteiger charge is 2.32. The predicted octanol–water partition coefficient (Wildman–Crippen LogP) is 2.93. The van der Waals surface area contributed by atoms with Crippen molar-refractivity contribution in [2.24, 2.45) is 5.92 Å². The first-order valence-corrected chi connectivity index (χ1v) is 6.80. The van der Waals surface area contributed by atoms with Gasteiger partial charge in [0.05, 0.1) is 5.60 Å². The molecule has 2 unspecified atom stereocenters. The van der Waals surface area contributed by atoms with Crippen molar-refractivity contribution >= 4 is 11.4 Å². The third-order valence-corrected chi connectivity index (χ3v) is 3.79. The van der Waals surface area contributed by atoms with E-state index < -0.39 is 5.60 Å². The van der Waals surface area contributed by atoms with Crippen LogP contribution in [-0.2, 0) is 0 Å². The first-order valence-electron chi connectivity index (χ1n) is 6.80. The zero-order valence-electron chi connectivity index (χ0n) is 11.4. The highest BCUT2D eigenvalue weighted by Crippen LogP contribution is 2.32. The second-order valence-corrected chi connectivity index (χ2v) is 5.91. The molecular formula is C15H24N2O. The second kappa shape index (κ2) is 5.19. The van der Waals surface area contributed by atoms with Gasteiger partial charge < -0.3 is 16.2 Å². The van der Waals surface area contributed by atoms with Gasteiger partial charge in [0, 0.05) is 17.9 Å². The Morgan fingerprint density at radius 1 is 1.44 bits per heavy atom. The first-order chi connectivity index (χ1) is 8.47. The lowest BCUT2D eigenvalue weighted by molar-refractivity contribution is -0.000762. The summed E-state index contributed by atoms with van der Waals surface area (Å²) in [5, 5.41) is 13.9. The van der Waals surface area contributed by atoms with Crippen LogP contribution in [0.25, 0.3) is 0 Å². The number of hydrogen-bond acceptors (Lipinski definition) is 3. The van der Waals surface area contributed by atoms with Gasteiger partial charge in [0.25, 0.3) is 0 Å². The molecule has 0 amide bonds. The summed E-state index contributed by atoms with van der Waals surface area (Å²) in [6.45, 7) is 4.86. The third-order valence-electron chi connectivity index (χ3n) is 3.79. The number of nitrogens with one attached hydrogen (secondary N) is 1. The van der Waals surface area contributed by atoms with Crippen molar-refractivity contribution in [3.63, 3.8) is 0 Å². The fourth-order valence-electron chi connectivity index (χ4n) is 2.97. The Labute approximate surface area is 109 Å². The Morgan fingerprint density at radius 2 is 2.22 bits per heavy atom. The Kier molecular flexibility index (Phi) is 3.81. The molecule has 1 aromatic carbocycles. The van der Waals surface area contributed by atoms with E-state index in [2.05, 4.69) is 18.3 Å². The van der Waals surface area contributed by atoms with Gasteiger partial charge in [-0.3, -0.25) is 0 Å². The molecule has 0 aliphatic heterocycles. The maximum absolute atomic E-state index is 10.5. The number of anilines is 2. The number of nitrogen functional groups attached to an aromatic ring is 1. The van der Waals surface area contributed by atoms with Crippen molar-refractivity contribution in [2.75, 3.05) is 17.6 Å². The van der Waals surface area contributed by atoms with E-state index in [-0.39, 0.29) is 0 Å². The Morgan fingerprint density at radius 3 is 2.89 bits per heavy atom. The molecule has 1 aliphatic carbocycles. The lowest BCUT2D eigenvalue weighted by atomic mass is 9.79. The predicted molar refractivity (Wildman–Crippen MR) is 76.7 cm³/mol. The number of nitrogens with two attached hydrogens (primary N) is 1. The lowest BCUT2D eigenvalue weighted by Crippen LogP contribution is -2.41. The molecule has 0 heterocycles. The van der Waals surface area contributed by atoms with Crippen LogP contribution in [-0.4, -0.2) is 17.3 Å². The van der Waals surface area contributed by atoms with Crippen LogP contribution in [0.3, 0.4) is 0 Å². The summed E-state index contributed by atoms with van der Waals surface area (Å²) in [4.78, 5) is 0. The largest absolute Gasteiger partial charge is 0.399 e. The van der Waals surface area contributed by atoms with Crippen LogP contribution in [0.5, 0.6) is 0 Å². The zero-order chi connectivity index (χ0) is 13.2. The highest BCUT2D eigenvalue weighted by atomic mass is 16.3. The number of aryl methyl sites for hydroxylation is 1. The van der Waals surface area contributed by atoms with Gasteiger partial charge in [0.2, 0.25) is 0 Å². The fourth-order valence-corrected chi connectivity index (χ4v) is 2.97. The van der Waals surface area contributed by atoms with Crippen LogP contribution < -0.4 is 11.1 Å². The average molecular weight is 248 g/mol. The zero-order valence-corrected chi connectivity index (χ0v) is 11.4. The summed E-state index contributed by atoms with van der Waals surface area (Å²) in [7, 11) is 0. The van der Waals surface area contributed by atoms with Gasteiger partial charge in [0.15, 0.2) is 0 Å². The SMILES string of the molecule is Cc1cc(N)cc(NCC2(O)CCCC(C)C2)c1. The fraction of sp³-hybridized carbons (Fsp3) is 0.600. The average Bonchev–Trinajstić information content (AvgIpc) is 2.25. The summed E-state index contributed by atoms with van der Waals surface area (Å²) in [6.07, 6.45) is 4.14. The molecule has 0 aromatic heterocycles. The van der Waals surface area contributed by atoms with Crippen LogP contribution in [0.4, 0.5) is 11.4 Å². The number of benzene rings is 1. The van der Waals surface area contributed by atoms with Crippen LogP contribution in [0.2, 0.25) is 0 Å². The quantitative estimate of drug-likeness (QED) is 0.721. The third kappa shape index (κ3) is 3.39. The van der Waals surface area contributed by atoms with Crippen molar-refractivity contribution in [3.8, 4) is 0 Å². The molecule has 2 rings (SSSR count). The van der Waals surface area contributed by atoms with Gasteiger partial charge in [0.1, 0.15) is 0 Å². The first kappa shape index (κ1) is 13.2. The molecule has 4 N–H and O–H groups in total. The van der Waals surface area contributed by atoms with Crippen LogP contribution in [0.15, 0.2) is 18.2 Å². The van der Waals surface area contributed by atoms with Crippen molar-refractivity contribution in [1.29, 1.82) is 0 Å². The molecule has 0 radical (unpaired) electrons. The van der Waals surface area contributed by atoms with Crippen LogP contribution in [0, 0.1) is 12.8 Å². The standard InChI is InChI=1S/C15H24N2O/c1-11-4-3-5-15(18,9-11)10-17-14-7-12(2)6-13(16)8-14/h6-8,11,17-18H,3-5,9-10,16H2,1-2H3. The molecule has 0 saturated heterocycles. The van der Waals surface area contributed by atoms with Crippen molar-refractivity contribution in [1.82, 2.24) is 0 Å². The number of aliphatic hydroxyl groups is 1. The Hall–Kier alpha value is -1.22. The molecule has 2 atom stereocenters. The maximum Gasteiger partial charge on any atom is 0.0821 e. The van der Waals surface area contributed by atoms with E-state index in [9.17, 15) is 5.11 Å². The number of rotatable bonds is 3. The van der Waals surface area contributed by atoms with Crippen molar-refractivity contribution < 1.29 is 5.11 Å². The smallest absolute Gasteiger partial charge is 0.0821 e. The van der Waals surface area contributed by atoms with E-state index in [1.165, 1.54) is 6.42 Å².